The predicted octanol–water partition coefficient (Wildman–Crippen LogP) is 3.91. The largest absolute Gasteiger partial charge is 0.508 e. The standard InChI is InChI=1S/C21H22O4/c1-11(2)13-9-16(12(3)4)18(17(22)10-13)21(25)19(23)14-7-5-6-8-15(14)20(21)24/h5-12,22,25H,1-4H3. The Morgan fingerprint density at radius 3 is 1.84 bits per heavy atom. The average molecular weight is 338 g/mol. The van der Waals surface area contributed by atoms with Crippen molar-refractivity contribution < 1.29 is 19.8 Å². The van der Waals surface area contributed by atoms with Crippen LogP contribution in [0.4, 0.5) is 0 Å². The summed E-state index contributed by atoms with van der Waals surface area (Å²) in [5.41, 5.74) is -0.472. The van der Waals surface area contributed by atoms with Gasteiger partial charge in [0.25, 0.3) is 0 Å². The summed E-state index contributed by atoms with van der Waals surface area (Å²) in [4.78, 5) is 25.8. The maximum Gasteiger partial charge on any atom is 0.220 e. The lowest BCUT2D eigenvalue weighted by Gasteiger charge is -2.26. The lowest BCUT2D eigenvalue weighted by Crippen LogP contribution is -2.39. The number of benzene rings is 2. The van der Waals surface area contributed by atoms with Crippen LogP contribution >= 0.6 is 0 Å². The van der Waals surface area contributed by atoms with Crippen LogP contribution in [0.1, 0.15) is 76.9 Å². The summed E-state index contributed by atoms with van der Waals surface area (Å²) in [5.74, 6) is -1.48. The first kappa shape index (κ1) is 17.4. The maximum atomic E-state index is 12.9. The van der Waals surface area contributed by atoms with Gasteiger partial charge in [0, 0.05) is 16.7 Å². The van der Waals surface area contributed by atoms with Crippen LogP contribution in [0.25, 0.3) is 0 Å². The van der Waals surface area contributed by atoms with Crippen molar-refractivity contribution in [2.24, 2.45) is 0 Å². The topological polar surface area (TPSA) is 74.6 Å². The van der Waals surface area contributed by atoms with Gasteiger partial charge >= 0.3 is 0 Å². The van der Waals surface area contributed by atoms with Gasteiger partial charge in [0.05, 0.1) is 0 Å². The molecule has 0 bridgehead atoms. The Morgan fingerprint density at radius 2 is 1.40 bits per heavy atom. The summed E-state index contributed by atoms with van der Waals surface area (Å²) >= 11 is 0. The number of aromatic hydroxyl groups is 1. The number of hydrogen-bond acceptors (Lipinski definition) is 4. The van der Waals surface area contributed by atoms with E-state index in [0.29, 0.717) is 5.56 Å². The molecule has 0 atom stereocenters. The van der Waals surface area contributed by atoms with E-state index < -0.39 is 17.2 Å². The fourth-order valence-electron chi connectivity index (χ4n) is 3.45. The van der Waals surface area contributed by atoms with Crippen molar-refractivity contribution in [3.05, 3.63) is 64.2 Å². The second kappa shape index (κ2) is 5.81. The molecule has 0 heterocycles. The van der Waals surface area contributed by atoms with Gasteiger partial charge in [-0.2, -0.15) is 0 Å². The third kappa shape index (κ3) is 2.40. The molecule has 0 aliphatic heterocycles. The average Bonchev–Trinajstić information content (AvgIpc) is 2.76. The van der Waals surface area contributed by atoms with Crippen molar-refractivity contribution in [2.45, 2.75) is 45.1 Å². The fourth-order valence-corrected chi connectivity index (χ4v) is 3.45. The van der Waals surface area contributed by atoms with Crippen LogP contribution in [0, 0.1) is 0 Å². The van der Waals surface area contributed by atoms with Crippen molar-refractivity contribution in [1.82, 2.24) is 0 Å². The van der Waals surface area contributed by atoms with E-state index in [1.54, 1.807) is 12.1 Å². The van der Waals surface area contributed by atoms with Crippen molar-refractivity contribution in [3.8, 4) is 5.75 Å². The van der Waals surface area contributed by atoms with Gasteiger partial charge in [0.1, 0.15) is 5.75 Å². The van der Waals surface area contributed by atoms with Crippen LogP contribution in [0.2, 0.25) is 0 Å². The zero-order chi connectivity index (χ0) is 18.5. The van der Waals surface area contributed by atoms with E-state index in [2.05, 4.69) is 0 Å². The molecule has 0 unspecified atom stereocenters. The molecule has 1 aliphatic rings. The van der Waals surface area contributed by atoms with Crippen molar-refractivity contribution in [1.29, 1.82) is 0 Å². The van der Waals surface area contributed by atoms with E-state index >= 15 is 0 Å². The van der Waals surface area contributed by atoms with Crippen molar-refractivity contribution >= 4 is 11.6 Å². The van der Waals surface area contributed by atoms with E-state index in [4.69, 9.17) is 0 Å². The van der Waals surface area contributed by atoms with E-state index in [-0.39, 0.29) is 34.3 Å². The minimum Gasteiger partial charge on any atom is -0.508 e. The summed E-state index contributed by atoms with van der Waals surface area (Å²) in [7, 11) is 0. The second-order valence-electron chi connectivity index (χ2n) is 7.23. The number of phenolic OH excluding ortho intramolecular Hbond substituents is 1. The van der Waals surface area contributed by atoms with Gasteiger partial charge < -0.3 is 10.2 Å². The van der Waals surface area contributed by atoms with Crippen molar-refractivity contribution in [2.75, 3.05) is 0 Å². The molecule has 1 aliphatic carbocycles. The minimum atomic E-state index is -2.37. The predicted molar refractivity (Wildman–Crippen MR) is 95.3 cm³/mol. The lowest BCUT2D eigenvalue weighted by atomic mass is 9.80. The van der Waals surface area contributed by atoms with Crippen LogP contribution in [-0.4, -0.2) is 21.8 Å². The summed E-state index contributed by atoms with van der Waals surface area (Å²) in [6.07, 6.45) is 0. The highest BCUT2D eigenvalue weighted by Gasteiger charge is 2.55. The summed E-state index contributed by atoms with van der Waals surface area (Å²) in [5, 5.41) is 21.8. The fraction of sp³-hybridized carbons (Fsp3) is 0.333. The minimum absolute atomic E-state index is 0.0121. The number of Topliss-reactive ketones (excluding diaryl/α,β-unsaturated/α-hetero) is 2. The number of aliphatic hydroxyl groups is 1. The third-order valence-electron chi connectivity index (χ3n) is 4.89. The molecule has 0 saturated heterocycles. The Morgan fingerprint density at radius 1 is 0.880 bits per heavy atom. The van der Waals surface area contributed by atoms with Gasteiger partial charge in [-0.15, -0.1) is 0 Å². The normalized spacial score (nSPS) is 16.0. The van der Waals surface area contributed by atoms with E-state index in [1.165, 1.54) is 18.2 Å². The molecule has 2 aromatic rings. The highest BCUT2D eigenvalue weighted by atomic mass is 16.3. The molecule has 0 fully saturated rings. The number of phenols is 1. The number of rotatable bonds is 3. The van der Waals surface area contributed by atoms with Gasteiger partial charge in [-0.25, -0.2) is 0 Å². The van der Waals surface area contributed by atoms with E-state index in [0.717, 1.165) is 5.56 Å². The zero-order valence-electron chi connectivity index (χ0n) is 14.8. The molecule has 4 heteroatoms. The van der Waals surface area contributed by atoms with Crippen LogP contribution in [-0.2, 0) is 5.60 Å². The highest BCUT2D eigenvalue weighted by molar-refractivity contribution is 6.32. The number of ketones is 2. The van der Waals surface area contributed by atoms with Crippen LogP contribution in [0.3, 0.4) is 0 Å². The lowest BCUT2D eigenvalue weighted by molar-refractivity contribution is 0.0308. The van der Waals surface area contributed by atoms with Gasteiger partial charge in [-0.3, -0.25) is 9.59 Å². The quantitative estimate of drug-likeness (QED) is 0.832. The molecule has 25 heavy (non-hydrogen) atoms. The smallest absolute Gasteiger partial charge is 0.220 e. The molecule has 0 amide bonds. The van der Waals surface area contributed by atoms with Crippen molar-refractivity contribution in [3.63, 3.8) is 0 Å². The van der Waals surface area contributed by atoms with Crippen LogP contribution < -0.4 is 0 Å². The first-order valence-electron chi connectivity index (χ1n) is 8.47. The van der Waals surface area contributed by atoms with E-state index in [9.17, 15) is 19.8 Å². The molecule has 0 spiro atoms. The molecule has 0 saturated carbocycles. The first-order valence-corrected chi connectivity index (χ1v) is 8.47. The molecule has 0 aromatic heterocycles. The van der Waals surface area contributed by atoms with Crippen LogP contribution in [0.5, 0.6) is 5.75 Å². The van der Waals surface area contributed by atoms with Gasteiger partial charge in [-0.1, -0.05) is 58.0 Å². The van der Waals surface area contributed by atoms with Gasteiger partial charge in [0.15, 0.2) is 0 Å². The number of carbonyl (C=O) groups is 2. The number of hydrogen-bond donors (Lipinski definition) is 2. The molecule has 2 aromatic carbocycles. The number of fused-ring (bicyclic) bond motifs is 1. The first-order chi connectivity index (χ1) is 11.7. The maximum absolute atomic E-state index is 12.9. The second-order valence-corrected chi connectivity index (χ2v) is 7.23. The molecular weight excluding hydrogens is 316 g/mol. The Bertz CT molecular complexity index is 842. The molecule has 4 nitrogen and oxygen atoms in total. The van der Waals surface area contributed by atoms with Gasteiger partial charge in [-0.05, 0) is 29.0 Å². The third-order valence-corrected chi connectivity index (χ3v) is 4.89. The highest BCUT2D eigenvalue weighted by Crippen LogP contribution is 2.45. The Balaban J connectivity index is 2.30. The molecule has 130 valence electrons. The molecule has 2 N–H and O–H groups in total. The summed E-state index contributed by atoms with van der Waals surface area (Å²) in [6, 6.07) is 9.77. The summed E-state index contributed by atoms with van der Waals surface area (Å²) in [6.45, 7) is 7.80. The Kier molecular flexibility index (Phi) is 4.04. The number of carbonyl (C=O) groups excluding carboxylic acids is 2. The van der Waals surface area contributed by atoms with Crippen LogP contribution in [0.15, 0.2) is 36.4 Å². The summed E-state index contributed by atoms with van der Waals surface area (Å²) < 4.78 is 0. The monoisotopic (exact) mass is 338 g/mol. The SMILES string of the molecule is CC(C)c1cc(O)c(C2(O)C(=O)c3ccccc3C2=O)c(C(C)C)c1. The van der Waals surface area contributed by atoms with Gasteiger partial charge in [0.2, 0.25) is 17.2 Å². The van der Waals surface area contributed by atoms with E-state index in [1.807, 2.05) is 33.8 Å². The Hall–Kier alpha value is -2.46. The molecule has 3 rings (SSSR count). The molecular formula is C21H22O4. The zero-order valence-corrected chi connectivity index (χ0v) is 14.8. The Labute approximate surface area is 147 Å². The molecule has 0 radical (unpaired) electrons.